The number of benzene rings is 2. The third-order valence-electron chi connectivity index (χ3n) is 5.70. The monoisotopic (exact) mass is 469 g/mol. The van der Waals surface area contributed by atoms with Crippen molar-refractivity contribution >= 4 is 32.6 Å². The van der Waals surface area contributed by atoms with Crippen molar-refractivity contribution in [3.63, 3.8) is 0 Å². The molecule has 0 spiro atoms. The van der Waals surface area contributed by atoms with E-state index in [-0.39, 0.29) is 12.5 Å². The van der Waals surface area contributed by atoms with Gasteiger partial charge >= 0.3 is 0 Å². The normalized spacial score (nSPS) is 18.3. The minimum absolute atomic E-state index is 0.158. The minimum Gasteiger partial charge on any atom is -0.492 e. The molecule has 8 nitrogen and oxygen atoms in total. The lowest BCUT2D eigenvalue weighted by Gasteiger charge is -2.32. The SMILES string of the molecule is CCOc1cccc2sc(N(CCN3CCOCC3)C(=O)C3COc4ccccc4O3)nc12. The minimum atomic E-state index is -0.733. The van der Waals surface area contributed by atoms with Gasteiger partial charge in [0.1, 0.15) is 17.9 Å². The number of nitrogens with zero attached hydrogens (tertiary/aromatic N) is 3. The van der Waals surface area contributed by atoms with Crippen LogP contribution in [0.4, 0.5) is 5.13 Å². The number of thiazole rings is 1. The van der Waals surface area contributed by atoms with E-state index in [1.165, 1.54) is 11.3 Å². The number of amides is 1. The Morgan fingerprint density at radius 2 is 2.00 bits per heavy atom. The summed E-state index contributed by atoms with van der Waals surface area (Å²) in [5.74, 6) is 1.81. The van der Waals surface area contributed by atoms with Crippen LogP contribution in [-0.2, 0) is 9.53 Å². The van der Waals surface area contributed by atoms with Gasteiger partial charge in [0, 0.05) is 26.2 Å². The fourth-order valence-corrected chi connectivity index (χ4v) is 4.99. The smallest absolute Gasteiger partial charge is 0.273 e. The third kappa shape index (κ3) is 4.75. The summed E-state index contributed by atoms with van der Waals surface area (Å²) in [6, 6.07) is 13.3. The van der Waals surface area contributed by atoms with Crippen LogP contribution in [0.3, 0.4) is 0 Å². The zero-order valence-corrected chi connectivity index (χ0v) is 19.4. The Balaban J connectivity index is 1.42. The van der Waals surface area contributed by atoms with E-state index in [9.17, 15) is 4.79 Å². The Kier molecular flexibility index (Phi) is 6.61. The summed E-state index contributed by atoms with van der Waals surface area (Å²) in [5.41, 5.74) is 0.773. The molecular weight excluding hydrogens is 442 g/mol. The molecule has 0 bridgehead atoms. The van der Waals surface area contributed by atoms with Gasteiger partial charge in [0.2, 0.25) is 6.10 Å². The number of carbonyl (C=O) groups excluding carboxylic acids is 1. The lowest BCUT2D eigenvalue weighted by atomic mass is 10.2. The van der Waals surface area contributed by atoms with E-state index in [2.05, 4.69) is 4.90 Å². The Morgan fingerprint density at radius 3 is 2.82 bits per heavy atom. The number of ether oxygens (including phenoxy) is 4. The van der Waals surface area contributed by atoms with Gasteiger partial charge in [-0.1, -0.05) is 29.5 Å². The van der Waals surface area contributed by atoms with Gasteiger partial charge in [-0.2, -0.15) is 0 Å². The Labute approximate surface area is 196 Å². The fourth-order valence-electron chi connectivity index (χ4n) is 3.98. The van der Waals surface area contributed by atoms with E-state index in [1.54, 1.807) is 4.90 Å². The first kappa shape index (κ1) is 21.9. The zero-order chi connectivity index (χ0) is 22.6. The largest absolute Gasteiger partial charge is 0.492 e. The molecule has 1 aromatic heterocycles. The van der Waals surface area contributed by atoms with Crippen molar-refractivity contribution in [3.05, 3.63) is 42.5 Å². The van der Waals surface area contributed by atoms with Crippen LogP contribution in [0.2, 0.25) is 0 Å². The number of carbonyl (C=O) groups is 1. The standard InChI is InChI=1S/C24H27N3O5S/c1-2-30-19-8-5-9-21-22(19)25-24(33-21)27(11-10-26-12-14-29-15-13-26)23(28)20-16-31-17-6-3-4-7-18(17)32-20/h3-9,20H,2,10-16H2,1H3. The number of hydrogen-bond acceptors (Lipinski definition) is 8. The van der Waals surface area contributed by atoms with Crippen molar-refractivity contribution in [3.8, 4) is 17.2 Å². The summed E-state index contributed by atoms with van der Waals surface area (Å²) in [6.07, 6.45) is -0.733. The first-order valence-corrected chi connectivity index (χ1v) is 12.1. The summed E-state index contributed by atoms with van der Waals surface area (Å²) in [7, 11) is 0. The predicted molar refractivity (Wildman–Crippen MR) is 127 cm³/mol. The highest BCUT2D eigenvalue weighted by atomic mass is 32.1. The van der Waals surface area contributed by atoms with E-state index < -0.39 is 6.10 Å². The lowest BCUT2D eigenvalue weighted by Crippen LogP contribution is -2.49. The average molecular weight is 470 g/mol. The molecule has 1 fully saturated rings. The Hall–Kier alpha value is -2.88. The van der Waals surface area contributed by atoms with Crippen molar-refractivity contribution < 1.29 is 23.7 Å². The summed E-state index contributed by atoms with van der Waals surface area (Å²) in [4.78, 5) is 22.5. The molecule has 0 aliphatic carbocycles. The Bertz CT molecular complexity index is 1110. The number of hydrogen-bond donors (Lipinski definition) is 0. The molecule has 5 rings (SSSR count). The predicted octanol–water partition coefficient (Wildman–Crippen LogP) is 3.20. The molecule has 2 aliphatic heterocycles. The maximum atomic E-state index is 13.7. The van der Waals surface area contributed by atoms with Crippen LogP contribution in [-0.4, -0.2) is 74.5 Å². The van der Waals surface area contributed by atoms with Gasteiger partial charge in [-0.25, -0.2) is 4.98 Å². The summed E-state index contributed by atoms with van der Waals surface area (Å²) in [5, 5.41) is 0.637. The number of anilines is 1. The average Bonchev–Trinajstić information content (AvgIpc) is 3.29. The van der Waals surface area contributed by atoms with Gasteiger partial charge in [-0.15, -0.1) is 0 Å². The van der Waals surface area contributed by atoms with Crippen molar-refractivity contribution in [1.29, 1.82) is 0 Å². The number of rotatable bonds is 7. The van der Waals surface area contributed by atoms with Crippen LogP contribution in [0, 0.1) is 0 Å². The molecule has 2 aromatic carbocycles. The molecule has 1 amide bonds. The van der Waals surface area contributed by atoms with Crippen LogP contribution < -0.4 is 19.1 Å². The molecule has 1 unspecified atom stereocenters. The van der Waals surface area contributed by atoms with Gasteiger partial charge in [-0.3, -0.25) is 14.6 Å². The van der Waals surface area contributed by atoms with Gasteiger partial charge in [0.05, 0.1) is 24.5 Å². The van der Waals surface area contributed by atoms with Crippen molar-refractivity contribution in [2.24, 2.45) is 0 Å². The molecule has 0 N–H and O–H groups in total. The first-order valence-electron chi connectivity index (χ1n) is 11.2. The second-order valence-electron chi connectivity index (χ2n) is 7.84. The van der Waals surface area contributed by atoms with E-state index >= 15 is 0 Å². The maximum Gasteiger partial charge on any atom is 0.273 e. The van der Waals surface area contributed by atoms with E-state index in [4.69, 9.17) is 23.9 Å². The molecule has 1 atom stereocenters. The number of fused-ring (bicyclic) bond motifs is 2. The fraction of sp³-hybridized carbons (Fsp3) is 0.417. The maximum absolute atomic E-state index is 13.7. The van der Waals surface area contributed by atoms with Crippen molar-refractivity contribution in [1.82, 2.24) is 9.88 Å². The van der Waals surface area contributed by atoms with Gasteiger partial charge < -0.3 is 18.9 Å². The Morgan fingerprint density at radius 1 is 1.18 bits per heavy atom. The summed E-state index contributed by atoms with van der Waals surface area (Å²) < 4.78 is 24.0. The molecule has 33 heavy (non-hydrogen) atoms. The second kappa shape index (κ2) is 9.94. The van der Waals surface area contributed by atoms with Crippen LogP contribution in [0.5, 0.6) is 17.2 Å². The quantitative estimate of drug-likeness (QED) is 0.526. The molecule has 3 heterocycles. The molecule has 2 aliphatic rings. The van der Waals surface area contributed by atoms with Gasteiger partial charge in [-0.05, 0) is 31.2 Å². The van der Waals surface area contributed by atoms with Crippen LogP contribution in [0.25, 0.3) is 10.2 Å². The second-order valence-corrected chi connectivity index (χ2v) is 8.85. The van der Waals surface area contributed by atoms with Crippen LogP contribution in [0.1, 0.15) is 6.92 Å². The first-order chi connectivity index (χ1) is 16.2. The molecule has 0 radical (unpaired) electrons. The lowest BCUT2D eigenvalue weighted by molar-refractivity contribution is -0.127. The highest BCUT2D eigenvalue weighted by Gasteiger charge is 2.33. The highest BCUT2D eigenvalue weighted by Crippen LogP contribution is 2.36. The molecule has 3 aromatic rings. The molecular formula is C24H27N3O5S. The van der Waals surface area contributed by atoms with Crippen molar-refractivity contribution in [2.45, 2.75) is 13.0 Å². The molecule has 9 heteroatoms. The third-order valence-corrected chi connectivity index (χ3v) is 6.74. The van der Waals surface area contributed by atoms with E-state index in [1.807, 2.05) is 49.4 Å². The molecule has 174 valence electrons. The van der Waals surface area contributed by atoms with Gasteiger partial charge in [0.15, 0.2) is 16.6 Å². The topological polar surface area (TPSA) is 73.4 Å². The van der Waals surface area contributed by atoms with E-state index in [0.717, 1.165) is 35.6 Å². The van der Waals surface area contributed by atoms with Gasteiger partial charge in [0.25, 0.3) is 5.91 Å². The molecule has 0 saturated carbocycles. The van der Waals surface area contributed by atoms with Crippen LogP contribution in [0.15, 0.2) is 42.5 Å². The van der Waals surface area contributed by atoms with E-state index in [0.29, 0.717) is 43.0 Å². The highest BCUT2D eigenvalue weighted by molar-refractivity contribution is 7.22. The van der Waals surface area contributed by atoms with Crippen molar-refractivity contribution in [2.75, 3.05) is 57.5 Å². The number of aromatic nitrogens is 1. The van der Waals surface area contributed by atoms with Crippen LogP contribution >= 0.6 is 11.3 Å². The summed E-state index contributed by atoms with van der Waals surface area (Å²) >= 11 is 1.48. The molecule has 1 saturated heterocycles. The summed E-state index contributed by atoms with van der Waals surface area (Å²) in [6.45, 7) is 7.03. The zero-order valence-electron chi connectivity index (χ0n) is 18.6. The number of morpholine rings is 1. The number of para-hydroxylation sites is 3.